The summed E-state index contributed by atoms with van der Waals surface area (Å²) in [6, 6.07) is 0. The minimum atomic E-state index is -0.976. The highest BCUT2D eigenvalue weighted by atomic mass is 16.5. The summed E-state index contributed by atoms with van der Waals surface area (Å²) in [5.41, 5.74) is -0.336. The Hall–Kier alpha value is -1.36. The highest BCUT2D eigenvalue weighted by molar-refractivity contribution is 5.76. The molecule has 0 aromatic carbocycles. The summed E-state index contributed by atoms with van der Waals surface area (Å²) in [7, 11) is 0. The predicted molar refractivity (Wildman–Crippen MR) is 67.9 cm³/mol. The van der Waals surface area contributed by atoms with E-state index >= 15 is 0 Å². The van der Waals surface area contributed by atoms with Crippen LogP contribution in [0.2, 0.25) is 0 Å². The van der Waals surface area contributed by atoms with E-state index in [0.717, 1.165) is 13.0 Å². The minimum Gasteiger partial charge on any atom is -0.465 e. The zero-order valence-corrected chi connectivity index (χ0v) is 11.5. The lowest BCUT2D eigenvalue weighted by Gasteiger charge is -2.27. The lowest BCUT2D eigenvalue weighted by molar-refractivity contribution is -0.160. The molecule has 1 heterocycles. The summed E-state index contributed by atoms with van der Waals surface area (Å²) in [6.45, 7) is 8.26. The number of aliphatic hydroxyl groups is 1. The quantitative estimate of drug-likeness (QED) is 0.788. The topological polar surface area (TPSA) is 64.4 Å². The van der Waals surface area contributed by atoms with Crippen LogP contribution in [0.25, 0.3) is 0 Å². The van der Waals surface area contributed by atoms with Crippen molar-refractivity contribution in [3.8, 4) is 0 Å². The van der Waals surface area contributed by atoms with Crippen LogP contribution in [0.3, 0.4) is 0 Å². The summed E-state index contributed by atoms with van der Waals surface area (Å²) in [5.74, 6) is -0.402. The van der Waals surface area contributed by atoms with E-state index in [0.29, 0.717) is 12.2 Å². The summed E-state index contributed by atoms with van der Waals surface area (Å²) in [5, 5.41) is 14.4. The average molecular weight is 254 g/mol. The average Bonchev–Trinajstić information content (AvgIpc) is 2.77. The van der Waals surface area contributed by atoms with E-state index in [1.807, 2.05) is 0 Å². The highest BCUT2D eigenvalue weighted by Crippen LogP contribution is 2.34. The van der Waals surface area contributed by atoms with Crippen LogP contribution in [0.5, 0.6) is 0 Å². The Morgan fingerprint density at radius 2 is 2.22 bits per heavy atom. The zero-order chi connectivity index (χ0) is 13.8. The van der Waals surface area contributed by atoms with Crippen LogP contribution in [0.15, 0.2) is 12.4 Å². The molecule has 1 unspecified atom stereocenters. The number of hydrogen-bond donors (Lipinski definition) is 1. The normalized spacial score (nSPS) is 13.4. The third-order valence-electron chi connectivity index (χ3n) is 2.91. The first-order valence-electron chi connectivity index (χ1n) is 6.31. The molecular weight excluding hydrogens is 232 g/mol. The smallest absolute Gasteiger partial charge is 0.314 e. The molecule has 18 heavy (non-hydrogen) atoms. The number of aliphatic hydroxyl groups excluding tert-OH is 1. The van der Waals surface area contributed by atoms with Gasteiger partial charge in [-0.25, -0.2) is 0 Å². The fourth-order valence-electron chi connectivity index (χ4n) is 1.72. The third kappa shape index (κ3) is 3.10. The number of aryl methyl sites for hydroxylation is 1. The summed E-state index contributed by atoms with van der Waals surface area (Å²) in [6.07, 6.45) is 3.43. The molecule has 0 fully saturated rings. The molecule has 0 amide bonds. The van der Waals surface area contributed by atoms with Gasteiger partial charge in [0.2, 0.25) is 0 Å². The Balaban J connectivity index is 2.83. The van der Waals surface area contributed by atoms with Gasteiger partial charge in [-0.2, -0.15) is 5.10 Å². The van der Waals surface area contributed by atoms with E-state index in [-0.39, 0.29) is 0 Å². The first-order valence-corrected chi connectivity index (χ1v) is 6.31. The number of rotatable bonds is 6. The molecule has 0 bridgehead atoms. The summed E-state index contributed by atoms with van der Waals surface area (Å²) >= 11 is 0. The maximum atomic E-state index is 11.8. The lowest BCUT2D eigenvalue weighted by atomic mass is 9.84. The van der Waals surface area contributed by atoms with Crippen molar-refractivity contribution in [2.75, 3.05) is 6.61 Å². The third-order valence-corrected chi connectivity index (χ3v) is 2.91. The molecule has 0 saturated heterocycles. The van der Waals surface area contributed by atoms with Crippen molar-refractivity contribution in [1.82, 2.24) is 9.78 Å². The van der Waals surface area contributed by atoms with Gasteiger partial charge >= 0.3 is 5.97 Å². The van der Waals surface area contributed by atoms with Crippen molar-refractivity contribution in [3.05, 3.63) is 18.0 Å². The number of ether oxygens (including phenoxy) is 1. The molecule has 0 aliphatic rings. The zero-order valence-electron chi connectivity index (χ0n) is 11.5. The molecule has 1 aromatic rings. The predicted octanol–water partition coefficient (Wildman–Crippen LogP) is 1.92. The van der Waals surface area contributed by atoms with Gasteiger partial charge in [-0.15, -0.1) is 0 Å². The van der Waals surface area contributed by atoms with Crippen molar-refractivity contribution in [2.24, 2.45) is 5.41 Å². The summed E-state index contributed by atoms with van der Waals surface area (Å²) < 4.78 is 6.74. The van der Waals surface area contributed by atoms with Gasteiger partial charge in [0.1, 0.15) is 0 Å². The largest absolute Gasteiger partial charge is 0.465 e. The molecule has 0 saturated carbocycles. The van der Waals surface area contributed by atoms with Gasteiger partial charge in [0.05, 0.1) is 24.3 Å². The van der Waals surface area contributed by atoms with E-state index in [1.54, 1.807) is 37.8 Å². The first kappa shape index (κ1) is 14.7. The fourth-order valence-corrected chi connectivity index (χ4v) is 1.72. The van der Waals surface area contributed by atoms with Crippen molar-refractivity contribution >= 4 is 5.97 Å². The monoisotopic (exact) mass is 254 g/mol. The Bertz CT molecular complexity index is 399. The second kappa shape index (κ2) is 6.00. The lowest BCUT2D eigenvalue weighted by Crippen LogP contribution is -2.33. The van der Waals surface area contributed by atoms with Gasteiger partial charge in [-0.1, -0.05) is 6.92 Å². The number of carbonyl (C=O) groups is 1. The van der Waals surface area contributed by atoms with Crippen molar-refractivity contribution in [1.29, 1.82) is 0 Å². The number of aromatic nitrogens is 2. The first-order chi connectivity index (χ1) is 8.43. The molecule has 0 aliphatic carbocycles. The molecule has 0 spiro atoms. The van der Waals surface area contributed by atoms with Crippen molar-refractivity contribution in [3.63, 3.8) is 0 Å². The second-order valence-electron chi connectivity index (χ2n) is 4.88. The van der Waals surface area contributed by atoms with Gasteiger partial charge in [0.15, 0.2) is 0 Å². The van der Waals surface area contributed by atoms with E-state index in [9.17, 15) is 9.90 Å². The second-order valence-corrected chi connectivity index (χ2v) is 4.88. The van der Waals surface area contributed by atoms with Crippen LogP contribution >= 0.6 is 0 Å². The van der Waals surface area contributed by atoms with Gasteiger partial charge < -0.3 is 9.84 Å². The molecular formula is C13H22N2O3. The van der Waals surface area contributed by atoms with Crippen molar-refractivity contribution in [2.45, 2.75) is 46.8 Å². The molecule has 102 valence electrons. The molecule has 1 N–H and O–H groups in total. The Labute approximate surface area is 108 Å². The minimum absolute atomic E-state index is 0.310. The molecule has 1 rings (SSSR count). The Morgan fingerprint density at radius 1 is 1.56 bits per heavy atom. The summed E-state index contributed by atoms with van der Waals surface area (Å²) in [4.78, 5) is 11.8. The number of esters is 1. The maximum absolute atomic E-state index is 11.8. The standard InChI is InChI=1S/C13H22N2O3/c1-5-7-15-9-10(8-14-15)11(16)13(3,4)12(17)18-6-2/h8-9,11,16H,5-7H2,1-4H3. The molecule has 0 radical (unpaired) electrons. The number of hydrogen-bond acceptors (Lipinski definition) is 4. The number of carbonyl (C=O) groups excluding carboxylic acids is 1. The Kier molecular flexibility index (Phi) is 4.90. The van der Waals surface area contributed by atoms with Gasteiger partial charge in [0, 0.05) is 18.3 Å². The molecule has 0 aliphatic heterocycles. The van der Waals surface area contributed by atoms with Crippen LogP contribution < -0.4 is 0 Å². The molecule has 5 nitrogen and oxygen atoms in total. The van der Waals surface area contributed by atoms with Crippen molar-refractivity contribution < 1.29 is 14.6 Å². The molecule has 5 heteroatoms. The highest BCUT2D eigenvalue weighted by Gasteiger charge is 2.38. The Morgan fingerprint density at radius 3 is 2.78 bits per heavy atom. The van der Waals surface area contributed by atoms with E-state index < -0.39 is 17.5 Å². The van der Waals surface area contributed by atoms with E-state index in [4.69, 9.17) is 4.74 Å². The van der Waals surface area contributed by atoms with Crippen LogP contribution in [-0.2, 0) is 16.1 Å². The molecule has 1 atom stereocenters. The maximum Gasteiger partial charge on any atom is 0.314 e. The molecule has 1 aromatic heterocycles. The van der Waals surface area contributed by atoms with Gasteiger partial charge in [-0.05, 0) is 27.2 Å². The van der Waals surface area contributed by atoms with Gasteiger partial charge in [0.25, 0.3) is 0 Å². The van der Waals surface area contributed by atoms with Crippen LogP contribution in [0.1, 0.15) is 45.8 Å². The SMILES string of the molecule is CCCn1cc(C(O)C(C)(C)C(=O)OCC)cn1. The van der Waals surface area contributed by atoms with E-state index in [1.165, 1.54) is 0 Å². The van der Waals surface area contributed by atoms with Crippen LogP contribution in [0.4, 0.5) is 0 Å². The number of nitrogens with zero attached hydrogens (tertiary/aromatic N) is 2. The van der Waals surface area contributed by atoms with Crippen LogP contribution in [-0.4, -0.2) is 27.5 Å². The van der Waals surface area contributed by atoms with E-state index in [2.05, 4.69) is 12.0 Å². The fraction of sp³-hybridized carbons (Fsp3) is 0.692. The van der Waals surface area contributed by atoms with Crippen LogP contribution in [0, 0.1) is 5.41 Å². The van der Waals surface area contributed by atoms with Gasteiger partial charge in [-0.3, -0.25) is 9.48 Å².